The van der Waals surface area contributed by atoms with Gasteiger partial charge in [0, 0.05) is 18.3 Å². The fourth-order valence-corrected chi connectivity index (χ4v) is 6.18. The van der Waals surface area contributed by atoms with Crippen LogP contribution in [0.1, 0.15) is 92.4 Å². The van der Waals surface area contributed by atoms with Crippen molar-refractivity contribution in [2.75, 3.05) is 0 Å². The first-order valence-electron chi connectivity index (χ1n) is 12.6. The fourth-order valence-electron chi connectivity index (χ4n) is 6.18. The van der Waals surface area contributed by atoms with E-state index in [4.69, 9.17) is 0 Å². The van der Waals surface area contributed by atoms with Crippen LogP contribution in [0, 0.1) is 22.7 Å². The van der Waals surface area contributed by atoms with Crippen LogP contribution >= 0.6 is 0 Å². The largest absolute Gasteiger partial charge is 0.393 e. The molecule has 178 valence electrons. The molecule has 0 saturated heterocycles. The van der Waals surface area contributed by atoms with Crippen molar-refractivity contribution in [1.82, 2.24) is 0 Å². The smallest absolute Gasteiger partial charge is 0.138 e. The summed E-state index contributed by atoms with van der Waals surface area (Å²) in [6.45, 7) is 14.9. The third kappa shape index (κ3) is 5.37. The fraction of sp³-hybridized carbons (Fsp3) is 0.690. The van der Waals surface area contributed by atoms with Crippen LogP contribution in [0.3, 0.4) is 0 Å². The van der Waals surface area contributed by atoms with E-state index in [-0.39, 0.29) is 10.8 Å². The molecule has 0 aromatic heterocycles. The number of aliphatic hydroxyl groups excluding tert-OH is 2. The van der Waals surface area contributed by atoms with Gasteiger partial charge in [-0.2, -0.15) is 0 Å². The van der Waals surface area contributed by atoms with Gasteiger partial charge in [0.05, 0.1) is 12.2 Å². The van der Waals surface area contributed by atoms with Crippen LogP contribution < -0.4 is 0 Å². The highest BCUT2D eigenvalue weighted by molar-refractivity contribution is 5.83. The molecule has 3 nitrogen and oxygen atoms in total. The monoisotopic (exact) mass is 440 g/mol. The van der Waals surface area contributed by atoms with Gasteiger partial charge >= 0.3 is 0 Å². The zero-order chi connectivity index (χ0) is 23.7. The molecule has 0 aliphatic heterocycles. The van der Waals surface area contributed by atoms with Gasteiger partial charge in [-0.05, 0) is 73.3 Å². The molecule has 0 aromatic rings. The molecule has 0 amide bonds. The number of hydrogen-bond donors (Lipinski definition) is 2. The van der Waals surface area contributed by atoms with E-state index in [0.29, 0.717) is 36.9 Å². The lowest BCUT2D eigenvalue weighted by atomic mass is 9.62. The quantitative estimate of drug-likeness (QED) is 0.465. The predicted octanol–water partition coefficient (Wildman–Crippen LogP) is 6.47. The van der Waals surface area contributed by atoms with Crippen LogP contribution in [-0.4, -0.2) is 28.2 Å². The number of rotatable bonds is 6. The second-order valence-electron chi connectivity index (χ2n) is 11.8. The second kappa shape index (κ2) is 9.81. The average molecular weight is 441 g/mol. The highest BCUT2D eigenvalue weighted by Crippen LogP contribution is 2.57. The molecule has 32 heavy (non-hydrogen) atoms. The number of hydrogen-bond acceptors (Lipinski definition) is 3. The maximum atomic E-state index is 12.3. The van der Waals surface area contributed by atoms with Crippen molar-refractivity contribution in [1.29, 1.82) is 0 Å². The van der Waals surface area contributed by atoms with Crippen molar-refractivity contribution in [3.63, 3.8) is 0 Å². The lowest BCUT2D eigenvalue weighted by Gasteiger charge is -2.42. The van der Waals surface area contributed by atoms with E-state index in [0.717, 1.165) is 36.8 Å². The van der Waals surface area contributed by atoms with Crippen LogP contribution in [0.15, 0.2) is 47.1 Å². The summed E-state index contributed by atoms with van der Waals surface area (Å²) in [6, 6.07) is 0. The van der Waals surface area contributed by atoms with Crippen molar-refractivity contribution < 1.29 is 15.0 Å². The molecule has 0 radical (unpaired) electrons. The van der Waals surface area contributed by atoms with Gasteiger partial charge in [0.25, 0.3) is 0 Å². The molecule has 2 N–H and O–H groups in total. The Labute approximate surface area is 195 Å². The molecular weight excluding hydrogens is 396 g/mol. The molecular formula is C29H44O3. The Morgan fingerprint density at radius 2 is 2.03 bits per heavy atom. The molecule has 3 aliphatic carbocycles. The topological polar surface area (TPSA) is 57.5 Å². The van der Waals surface area contributed by atoms with Crippen molar-refractivity contribution in [2.24, 2.45) is 22.7 Å². The number of aliphatic hydroxyl groups is 2. The second-order valence-corrected chi connectivity index (χ2v) is 11.8. The van der Waals surface area contributed by atoms with E-state index in [1.165, 1.54) is 18.4 Å². The Morgan fingerprint density at radius 3 is 2.72 bits per heavy atom. The predicted molar refractivity (Wildman–Crippen MR) is 132 cm³/mol. The molecule has 2 fully saturated rings. The van der Waals surface area contributed by atoms with E-state index in [2.05, 4.69) is 38.7 Å². The standard InChI is InChI=1S/C29H44O3/c1-19(9-7-11-27(32)28(3,4)5)24-14-15-25-21(10-8-16-29(24,25)6)12-13-22-17-23(30)18-26(31)20(22)2/h12-14,19,23,25-26,30-31H,2,7-11,15-18H2,1,3-6H3/b21-12+,22-13-/t19-,23-,25+,26+,29-/m1/s1. The number of carbonyl (C=O) groups excluding carboxylic acids is 1. The Balaban J connectivity index is 1.68. The summed E-state index contributed by atoms with van der Waals surface area (Å²) in [5.41, 5.74) is 4.80. The normalized spacial score (nSPS) is 34.5. The van der Waals surface area contributed by atoms with E-state index in [1.807, 2.05) is 20.8 Å². The third-order valence-corrected chi connectivity index (χ3v) is 8.28. The Morgan fingerprint density at radius 1 is 1.31 bits per heavy atom. The molecule has 3 rings (SSSR count). The van der Waals surface area contributed by atoms with E-state index in [1.54, 1.807) is 5.57 Å². The van der Waals surface area contributed by atoms with Crippen molar-refractivity contribution >= 4 is 5.78 Å². The summed E-state index contributed by atoms with van der Waals surface area (Å²) >= 11 is 0. The summed E-state index contributed by atoms with van der Waals surface area (Å²) in [6.07, 6.45) is 14.1. The van der Waals surface area contributed by atoms with Gasteiger partial charge in [0.15, 0.2) is 0 Å². The number of ketones is 1. The first-order valence-corrected chi connectivity index (χ1v) is 12.6. The molecule has 0 unspecified atom stereocenters. The summed E-state index contributed by atoms with van der Waals surface area (Å²) in [5, 5.41) is 20.2. The summed E-state index contributed by atoms with van der Waals surface area (Å²) < 4.78 is 0. The number of fused-ring (bicyclic) bond motifs is 1. The van der Waals surface area contributed by atoms with Gasteiger partial charge in [0.1, 0.15) is 5.78 Å². The van der Waals surface area contributed by atoms with Crippen LogP contribution in [0.5, 0.6) is 0 Å². The van der Waals surface area contributed by atoms with Crippen molar-refractivity contribution in [2.45, 2.75) is 105 Å². The van der Waals surface area contributed by atoms with Crippen molar-refractivity contribution in [3.05, 3.63) is 47.1 Å². The minimum Gasteiger partial charge on any atom is -0.393 e. The maximum absolute atomic E-state index is 12.3. The van der Waals surface area contributed by atoms with Crippen LogP contribution in [0.25, 0.3) is 0 Å². The van der Waals surface area contributed by atoms with Gasteiger partial charge in [-0.1, -0.05) is 70.6 Å². The minimum absolute atomic E-state index is 0.207. The third-order valence-electron chi connectivity index (χ3n) is 8.28. The highest BCUT2D eigenvalue weighted by Gasteiger charge is 2.45. The van der Waals surface area contributed by atoms with Gasteiger partial charge in [-0.15, -0.1) is 0 Å². The highest BCUT2D eigenvalue weighted by atomic mass is 16.3. The Bertz CT molecular complexity index is 822. The van der Waals surface area contributed by atoms with Gasteiger partial charge < -0.3 is 10.2 Å². The minimum atomic E-state index is -0.634. The Kier molecular flexibility index (Phi) is 7.72. The first-order chi connectivity index (χ1) is 14.9. The number of carbonyl (C=O) groups is 1. The molecule has 0 bridgehead atoms. The zero-order valence-corrected chi connectivity index (χ0v) is 20.9. The molecule has 0 heterocycles. The molecule has 5 atom stereocenters. The first kappa shape index (κ1) is 25.2. The zero-order valence-electron chi connectivity index (χ0n) is 20.9. The SMILES string of the molecule is C=C1/C(=C\C=C2/CCC[C@]3(C)C([C@H](C)CCCC(=O)C(C)(C)C)=CC[C@@H]23)C[C@@H](O)C[C@@H]1O. The summed E-state index contributed by atoms with van der Waals surface area (Å²) in [5.74, 6) is 1.41. The van der Waals surface area contributed by atoms with Gasteiger partial charge in [-0.3, -0.25) is 4.79 Å². The number of allylic oxidation sites excluding steroid dienone is 5. The van der Waals surface area contributed by atoms with Crippen molar-refractivity contribution in [3.8, 4) is 0 Å². The van der Waals surface area contributed by atoms with Crippen LogP contribution in [-0.2, 0) is 4.79 Å². The lowest BCUT2D eigenvalue weighted by molar-refractivity contribution is -0.126. The maximum Gasteiger partial charge on any atom is 0.138 e. The molecule has 2 saturated carbocycles. The number of Topliss-reactive ketones (excluding diaryl/α,β-unsaturated/α-hetero) is 1. The van der Waals surface area contributed by atoms with Crippen LogP contribution in [0.4, 0.5) is 0 Å². The lowest BCUT2D eigenvalue weighted by Crippen LogP contribution is -2.32. The Hall–Kier alpha value is -1.45. The molecule has 3 heteroatoms. The summed E-state index contributed by atoms with van der Waals surface area (Å²) in [7, 11) is 0. The molecule has 0 aromatic carbocycles. The van der Waals surface area contributed by atoms with E-state index in [9.17, 15) is 15.0 Å². The van der Waals surface area contributed by atoms with Gasteiger partial charge in [0.2, 0.25) is 0 Å². The van der Waals surface area contributed by atoms with Gasteiger partial charge in [-0.25, -0.2) is 0 Å². The summed E-state index contributed by atoms with van der Waals surface area (Å²) in [4.78, 5) is 12.3. The van der Waals surface area contributed by atoms with E-state index < -0.39 is 12.2 Å². The molecule has 3 aliphatic rings. The van der Waals surface area contributed by atoms with E-state index >= 15 is 0 Å². The van der Waals surface area contributed by atoms with Crippen LogP contribution in [0.2, 0.25) is 0 Å². The average Bonchev–Trinajstić information content (AvgIpc) is 3.06. The molecule has 0 spiro atoms.